The summed E-state index contributed by atoms with van der Waals surface area (Å²) in [5.74, 6) is -1.12. The summed E-state index contributed by atoms with van der Waals surface area (Å²) in [6.07, 6.45) is 0.0398. The van der Waals surface area contributed by atoms with Gasteiger partial charge in [0, 0.05) is 17.4 Å². The molecule has 1 N–H and O–H groups in total. The summed E-state index contributed by atoms with van der Waals surface area (Å²) < 4.78 is 14.7. The number of hydrogen-bond acceptors (Lipinski definition) is 4. The third-order valence-electron chi connectivity index (χ3n) is 3.93. The van der Waals surface area contributed by atoms with E-state index in [1.54, 1.807) is 17.0 Å². The van der Waals surface area contributed by atoms with Crippen LogP contribution in [0.5, 0.6) is 0 Å². The minimum Gasteiger partial charge on any atom is -0.323 e. The van der Waals surface area contributed by atoms with E-state index < -0.39 is 17.0 Å². The van der Waals surface area contributed by atoms with Gasteiger partial charge in [0.15, 0.2) is 5.17 Å². The number of rotatable bonds is 4. The van der Waals surface area contributed by atoms with Gasteiger partial charge in [0.2, 0.25) is 11.8 Å². The van der Waals surface area contributed by atoms with Crippen LogP contribution in [-0.4, -0.2) is 33.7 Å². The molecule has 1 fully saturated rings. The zero-order chi connectivity index (χ0) is 19.4. The van der Waals surface area contributed by atoms with Gasteiger partial charge in [-0.2, -0.15) is 0 Å². The highest BCUT2D eigenvalue weighted by Crippen LogP contribution is 2.30. The Hall–Kier alpha value is -2.19. The van der Waals surface area contributed by atoms with Crippen LogP contribution in [0.4, 0.5) is 15.8 Å². The molecule has 1 aliphatic rings. The lowest BCUT2D eigenvalue weighted by atomic mass is 10.2. The molecule has 1 saturated heterocycles. The molecule has 2 aromatic carbocycles. The number of nitrogens with zero attached hydrogens (tertiary/aromatic N) is 2. The summed E-state index contributed by atoms with van der Waals surface area (Å²) >= 11 is 4.58. The molecular formula is C19H17BrFN3O2S. The number of benzene rings is 2. The summed E-state index contributed by atoms with van der Waals surface area (Å²) in [5, 5.41) is 2.35. The Bertz CT molecular complexity index is 889. The molecule has 3 rings (SSSR count). The van der Waals surface area contributed by atoms with Crippen LogP contribution in [0.3, 0.4) is 0 Å². The van der Waals surface area contributed by atoms with Crippen LogP contribution in [0, 0.1) is 5.82 Å². The van der Waals surface area contributed by atoms with E-state index in [1.807, 2.05) is 31.2 Å². The van der Waals surface area contributed by atoms with Crippen LogP contribution in [-0.2, 0) is 9.59 Å². The molecule has 0 bridgehead atoms. The number of para-hydroxylation sites is 1. The van der Waals surface area contributed by atoms with Gasteiger partial charge in [-0.05, 0) is 43.3 Å². The number of hydrogen-bond donors (Lipinski definition) is 1. The van der Waals surface area contributed by atoms with E-state index >= 15 is 0 Å². The Kier molecular flexibility index (Phi) is 6.28. The molecule has 0 aliphatic carbocycles. The number of carbonyl (C=O) groups excluding carboxylic acids is 2. The van der Waals surface area contributed by atoms with Crippen molar-refractivity contribution >= 4 is 56.0 Å². The third kappa shape index (κ3) is 4.75. The largest absolute Gasteiger partial charge is 0.323 e. The van der Waals surface area contributed by atoms with Gasteiger partial charge in [-0.15, -0.1) is 0 Å². The first-order chi connectivity index (χ1) is 13.0. The standard InChI is InChI=1S/C19H17BrFN3O2S/c1-2-24-17(25)11-16(18(26)23-15-6-4-3-5-14(15)21)27-19(24)22-13-9-7-12(20)8-10-13/h3-10,16H,2,11H2,1H3,(H,23,26). The first-order valence-electron chi connectivity index (χ1n) is 8.34. The van der Waals surface area contributed by atoms with Gasteiger partial charge < -0.3 is 5.32 Å². The number of amides is 2. The van der Waals surface area contributed by atoms with Gasteiger partial charge in [-0.3, -0.25) is 14.5 Å². The van der Waals surface area contributed by atoms with Gasteiger partial charge in [0.1, 0.15) is 11.1 Å². The third-order valence-corrected chi connectivity index (χ3v) is 5.65. The zero-order valence-electron chi connectivity index (χ0n) is 14.5. The maximum absolute atomic E-state index is 13.8. The molecule has 8 heteroatoms. The topological polar surface area (TPSA) is 61.8 Å². The highest BCUT2D eigenvalue weighted by Gasteiger charge is 2.35. The van der Waals surface area contributed by atoms with Crippen molar-refractivity contribution in [3.05, 3.63) is 58.8 Å². The Balaban J connectivity index is 1.81. The number of anilines is 1. The van der Waals surface area contributed by atoms with E-state index in [-0.39, 0.29) is 18.0 Å². The van der Waals surface area contributed by atoms with Gasteiger partial charge in [0.25, 0.3) is 0 Å². The molecule has 1 aliphatic heterocycles. The lowest BCUT2D eigenvalue weighted by molar-refractivity contribution is -0.129. The number of halogens is 2. The van der Waals surface area contributed by atoms with Crippen molar-refractivity contribution < 1.29 is 14.0 Å². The molecule has 0 saturated carbocycles. The molecule has 1 unspecified atom stereocenters. The number of thioether (sulfide) groups is 1. The fraction of sp³-hybridized carbons (Fsp3) is 0.211. The second-order valence-corrected chi connectivity index (χ2v) is 7.87. The molecule has 2 aromatic rings. The predicted octanol–water partition coefficient (Wildman–Crippen LogP) is 4.57. The van der Waals surface area contributed by atoms with Crippen LogP contribution in [0.25, 0.3) is 0 Å². The molecule has 0 radical (unpaired) electrons. The fourth-order valence-corrected chi connectivity index (χ4v) is 3.98. The minimum absolute atomic E-state index is 0.0398. The van der Waals surface area contributed by atoms with Crippen LogP contribution in [0.15, 0.2) is 58.0 Å². The van der Waals surface area contributed by atoms with Crippen LogP contribution in [0.2, 0.25) is 0 Å². The molecule has 5 nitrogen and oxygen atoms in total. The zero-order valence-corrected chi connectivity index (χ0v) is 16.9. The average Bonchev–Trinajstić information content (AvgIpc) is 2.65. The number of nitrogens with one attached hydrogen (secondary N) is 1. The summed E-state index contributed by atoms with van der Waals surface area (Å²) in [6, 6.07) is 13.3. The van der Waals surface area contributed by atoms with Gasteiger partial charge in [-0.25, -0.2) is 9.38 Å². The van der Waals surface area contributed by atoms with E-state index in [1.165, 1.54) is 23.9 Å². The Morgan fingerprint density at radius 1 is 1.30 bits per heavy atom. The van der Waals surface area contributed by atoms with E-state index in [0.29, 0.717) is 17.4 Å². The highest BCUT2D eigenvalue weighted by molar-refractivity contribution is 9.10. The number of carbonyl (C=O) groups is 2. The molecule has 140 valence electrons. The second-order valence-electron chi connectivity index (χ2n) is 5.79. The number of amidine groups is 1. The summed E-state index contributed by atoms with van der Waals surface area (Å²) in [4.78, 5) is 31.1. The quantitative estimate of drug-likeness (QED) is 0.743. The molecule has 2 amide bonds. The summed E-state index contributed by atoms with van der Waals surface area (Å²) in [7, 11) is 0. The van der Waals surface area contributed by atoms with Crippen molar-refractivity contribution in [2.45, 2.75) is 18.6 Å². The first kappa shape index (κ1) is 19.6. The van der Waals surface area contributed by atoms with Gasteiger partial charge >= 0.3 is 0 Å². The lowest BCUT2D eigenvalue weighted by Crippen LogP contribution is -2.45. The van der Waals surface area contributed by atoms with Crippen molar-refractivity contribution in [1.82, 2.24) is 4.90 Å². The highest BCUT2D eigenvalue weighted by atomic mass is 79.9. The molecule has 27 heavy (non-hydrogen) atoms. The molecule has 0 spiro atoms. The van der Waals surface area contributed by atoms with Crippen molar-refractivity contribution in [1.29, 1.82) is 0 Å². The first-order valence-corrected chi connectivity index (χ1v) is 10.0. The maximum Gasteiger partial charge on any atom is 0.238 e. The minimum atomic E-state index is -0.672. The predicted molar refractivity (Wildman–Crippen MR) is 110 cm³/mol. The lowest BCUT2D eigenvalue weighted by Gasteiger charge is -2.30. The van der Waals surface area contributed by atoms with E-state index in [9.17, 15) is 14.0 Å². The summed E-state index contributed by atoms with van der Waals surface area (Å²) in [6.45, 7) is 2.32. The van der Waals surface area contributed by atoms with Crippen molar-refractivity contribution in [3.63, 3.8) is 0 Å². The van der Waals surface area contributed by atoms with E-state index in [2.05, 4.69) is 26.2 Å². The molecule has 1 heterocycles. The fourth-order valence-electron chi connectivity index (χ4n) is 2.55. The number of aliphatic imine (C=N–C) groups is 1. The monoisotopic (exact) mass is 449 g/mol. The average molecular weight is 450 g/mol. The van der Waals surface area contributed by atoms with Crippen LogP contribution in [0.1, 0.15) is 13.3 Å². The van der Waals surface area contributed by atoms with Crippen molar-refractivity contribution in [2.24, 2.45) is 4.99 Å². The van der Waals surface area contributed by atoms with Crippen LogP contribution < -0.4 is 5.32 Å². The van der Waals surface area contributed by atoms with E-state index in [4.69, 9.17) is 0 Å². The van der Waals surface area contributed by atoms with Gasteiger partial charge in [-0.1, -0.05) is 39.8 Å². The smallest absolute Gasteiger partial charge is 0.238 e. The normalized spacial score (nSPS) is 18.6. The molecule has 1 atom stereocenters. The Morgan fingerprint density at radius 3 is 2.67 bits per heavy atom. The molecule has 0 aromatic heterocycles. The second kappa shape index (κ2) is 8.67. The van der Waals surface area contributed by atoms with Gasteiger partial charge in [0.05, 0.1) is 11.4 Å². The SMILES string of the molecule is CCN1C(=O)CC(C(=O)Nc2ccccc2F)SC1=Nc1ccc(Br)cc1. The Morgan fingerprint density at radius 2 is 2.00 bits per heavy atom. The van der Waals surface area contributed by atoms with Crippen LogP contribution >= 0.6 is 27.7 Å². The van der Waals surface area contributed by atoms with Crippen molar-refractivity contribution in [2.75, 3.05) is 11.9 Å². The summed E-state index contributed by atoms with van der Waals surface area (Å²) in [5.41, 5.74) is 0.780. The Labute approximate surface area is 169 Å². The molecular weight excluding hydrogens is 433 g/mol. The van der Waals surface area contributed by atoms with Crippen molar-refractivity contribution in [3.8, 4) is 0 Å². The maximum atomic E-state index is 13.8. The van der Waals surface area contributed by atoms with E-state index in [0.717, 1.165) is 4.47 Å².